The Morgan fingerprint density at radius 3 is 2.05 bits per heavy atom. The van der Waals surface area contributed by atoms with Crippen LogP contribution in [0.5, 0.6) is 0 Å². The molecule has 21 heavy (non-hydrogen) atoms. The highest BCUT2D eigenvalue weighted by Gasteiger charge is 2.56. The van der Waals surface area contributed by atoms with Crippen LogP contribution in [-0.2, 0) is 27.9 Å². The van der Waals surface area contributed by atoms with E-state index in [9.17, 15) is 14.2 Å². The van der Waals surface area contributed by atoms with Crippen molar-refractivity contribution in [1.82, 2.24) is 0 Å². The van der Waals surface area contributed by atoms with E-state index < -0.39 is 29.8 Å². The van der Waals surface area contributed by atoms with Gasteiger partial charge in [-0.2, -0.15) is 0 Å². The van der Waals surface area contributed by atoms with Gasteiger partial charge < -0.3 is 13.8 Å². The minimum absolute atomic E-state index is 0.0773. The van der Waals surface area contributed by atoms with Gasteiger partial charge in [-0.15, -0.1) is 0 Å². The molecule has 0 amide bonds. The van der Waals surface area contributed by atoms with E-state index in [1.54, 1.807) is 33.8 Å². The molecular weight excluding hydrogens is 363 g/mol. The molecule has 6 nitrogen and oxygen atoms in total. The largest absolute Gasteiger partial charge is 0.469 e. The number of ketones is 1. The van der Waals surface area contributed by atoms with Crippen LogP contribution in [-0.4, -0.2) is 36.1 Å². The van der Waals surface area contributed by atoms with Gasteiger partial charge in [0.05, 0.1) is 26.7 Å². The van der Waals surface area contributed by atoms with Crippen molar-refractivity contribution in [2.75, 3.05) is 20.3 Å². The van der Waals surface area contributed by atoms with E-state index in [2.05, 4.69) is 20.7 Å². The number of methoxy groups -OCH3 is 1. The second-order valence-electron chi connectivity index (χ2n) is 4.15. The number of hydrogen-bond acceptors (Lipinski definition) is 6. The lowest BCUT2D eigenvalue weighted by atomic mass is 10.1. The smallest absolute Gasteiger partial charge is 0.355 e. The Labute approximate surface area is 133 Å². The Balaban J connectivity index is 5.93. The average Bonchev–Trinajstić information content (AvgIpc) is 2.45. The Morgan fingerprint density at radius 1 is 1.24 bits per heavy atom. The Hall–Kier alpha value is -0.490. The summed E-state index contributed by atoms with van der Waals surface area (Å²) in [6.45, 7) is 6.65. The van der Waals surface area contributed by atoms with Gasteiger partial charge in [0.2, 0.25) is 0 Å². The Morgan fingerprint density at radius 2 is 1.71 bits per heavy atom. The number of carbonyl (C=O) groups excluding carboxylic acids is 2. The molecule has 0 saturated carbocycles. The summed E-state index contributed by atoms with van der Waals surface area (Å²) in [5, 5.41) is 0. The number of alkyl halides is 1. The maximum Gasteiger partial charge on any atom is 0.355 e. The molecule has 0 saturated heterocycles. The van der Waals surface area contributed by atoms with Crippen LogP contribution in [0.4, 0.5) is 0 Å². The summed E-state index contributed by atoms with van der Waals surface area (Å²) in [6.07, 6.45) is 1.11. The van der Waals surface area contributed by atoms with E-state index in [1.807, 2.05) is 0 Å². The van der Waals surface area contributed by atoms with Crippen molar-refractivity contribution in [3.8, 4) is 0 Å². The fraction of sp³-hybridized carbons (Fsp3) is 0.692. The van der Waals surface area contributed by atoms with Crippen LogP contribution in [0.15, 0.2) is 11.6 Å². The summed E-state index contributed by atoms with van der Waals surface area (Å²) >= 11 is 3.15. The number of carbonyl (C=O) groups is 2. The van der Waals surface area contributed by atoms with Gasteiger partial charge in [-0.05, 0) is 33.3 Å². The summed E-state index contributed by atoms with van der Waals surface area (Å²) in [6, 6.07) is 0. The molecule has 8 heteroatoms. The van der Waals surface area contributed by atoms with Crippen molar-refractivity contribution in [1.29, 1.82) is 0 Å². The lowest BCUT2D eigenvalue weighted by Crippen LogP contribution is -2.37. The molecule has 0 spiro atoms. The molecule has 0 aromatic rings. The van der Waals surface area contributed by atoms with Crippen LogP contribution in [0.3, 0.4) is 0 Å². The van der Waals surface area contributed by atoms with Crippen LogP contribution in [0.2, 0.25) is 0 Å². The molecular formula is C13H22BrO6P. The van der Waals surface area contributed by atoms with Crippen LogP contribution in [0.25, 0.3) is 0 Å². The molecule has 0 bridgehead atoms. The lowest BCUT2D eigenvalue weighted by Gasteiger charge is -2.32. The predicted molar refractivity (Wildman–Crippen MR) is 83.6 cm³/mol. The zero-order valence-electron chi connectivity index (χ0n) is 13.0. The minimum atomic E-state index is -3.91. The number of halogens is 1. The summed E-state index contributed by atoms with van der Waals surface area (Å²) in [7, 11) is -2.72. The van der Waals surface area contributed by atoms with E-state index in [4.69, 9.17) is 9.05 Å². The van der Waals surface area contributed by atoms with Gasteiger partial charge in [-0.25, -0.2) is 0 Å². The van der Waals surface area contributed by atoms with E-state index in [1.165, 1.54) is 7.11 Å². The number of Topliss-reactive ketones (excluding diaryl/α,β-unsaturated/α-hetero) is 1. The van der Waals surface area contributed by atoms with Crippen molar-refractivity contribution in [2.45, 2.75) is 38.2 Å². The first-order valence-corrected chi connectivity index (χ1v) is 8.88. The third-order valence-electron chi connectivity index (χ3n) is 2.78. The van der Waals surface area contributed by atoms with Gasteiger partial charge in [0, 0.05) is 0 Å². The molecule has 0 radical (unpaired) electrons. The minimum Gasteiger partial charge on any atom is -0.469 e. The second-order valence-corrected chi connectivity index (χ2v) is 8.39. The van der Waals surface area contributed by atoms with Crippen LogP contribution < -0.4 is 0 Å². The lowest BCUT2D eigenvalue weighted by molar-refractivity contribution is -0.142. The first-order valence-electron chi connectivity index (χ1n) is 6.55. The van der Waals surface area contributed by atoms with Gasteiger partial charge in [0.15, 0.2) is 9.85 Å². The molecule has 0 aromatic carbocycles. The van der Waals surface area contributed by atoms with E-state index >= 15 is 0 Å². The van der Waals surface area contributed by atoms with Crippen molar-refractivity contribution < 1.29 is 27.9 Å². The Kier molecular flexibility index (Phi) is 8.63. The standard InChI is InChI=1S/C13H22BrO6P/c1-6-10(4)12(16)13(14,9-11(15)18-5)21(17,19-7-2)20-8-3/h6H,7-9H2,1-5H3/b10-6+. The average molecular weight is 385 g/mol. The second kappa shape index (κ2) is 8.83. The molecule has 0 aromatic heterocycles. The predicted octanol–water partition coefficient (Wildman–Crippen LogP) is 3.44. The number of rotatable bonds is 9. The third-order valence-corrected chi connectivity index (χ3v) is 7.15. The van der Waals surface area contributed by atoms with Crippen LogP contribution in [0.1, 0.15) is 34.1 Å². The van der Waals surface area contributed by atoms with Gasteiger partial charge >= 0.3 is 13.6 Å². The van der Waals surface area contributed by atoms with E-state index in [0.29, 0.717) is 5.57 Å². The quantitative estimate of drug-likeness (QED) is 0.262. The first-order chi connectivity index (χ1) is 9.72. The van der Waals surface area contributed by atoms with Crippen LogP contribution in [0, 0.1) is 0 Å². The third kappa shape index (κ3) is 4.74. The fourth-order valence-corrected chi connectivity index (χ4v) is 4.65. The Bertz CT molecular complexity index is 452. The normalized spacial score (nSPS) is 15.4. The van der Waals surface area contributed by atoms with E-state index in [0.717, 1.165) is 0 Å². The number of allylic oxidation sites excluding steroid dienone is 2. The topological polar surface area (TPSA) is 78.9 Å². The highest BCUT2D eigenvalue weighted by Crippen LogP contribution is 2.65. The number of hydrogen-bond donors (Lipinski definition) is 0. The maximum absolute atomic E-state index is 13.0. The van der Waals surface area contributed by atoms with Gasteiger partial charge in [-0.1, -0.05) is 22.0 Å². The highest BCUT2D eigenvalue weighted by molar-refractivity contribution is 9.11. The molecule has 0 heterocycles. The maximum atomic E-state index is 13.0. The van der Waals surface area contributed by atoms with Crippen LogP contribution >= 0.6 is 23.5 Å². The molecule has 0 aliphatic heterocycles. The highest BCUT2D eigenvalue weighted by atomic mass is 79.9. The van der Waals surface area contributed by atoms with Gasteiger partial charge in [0.25, 0.3) is 0 Å². The summed E-state index contributed by atoms with van der Waals surface area (Å²) < 4.78 is 26.2. The zero-order valence-corrected chi connectivity index (χ0v) is 15.5. The zero-order chi connectivity index (χ0) is 16.7. The van der Waals surface area contributed by atoms with Crippen molar-refractivity contribution >= 4 is 35.3 Å². The molecule has 0 aliphatic carbocycles. The number of esters is 1. The summed E-state index contributed by atoms with van der Waals surface area (Å²) in [5.74, 6) is -1.22. The van der Waals surface area contributed by atoms with Crippen molar-refractivity contribution in [3.05, 3.63) is 11.6 Å². The molecule has 0 N–H and O–H groups in total. The van der Waals surface area contributed by atoms with Crippen molar-refractivity contribution in [2.24, 2.45) is 0 Å². The summed E-state index contributed by atoms with van der Waals surface area (Å²) in [5.41, 5.74) is 0.343. The fourth-order valence-electron chi connectivity index (χ4n) is 1.58. The molecule has 1 unspecified atom stereocenters. The van der Waals surface area contributed by atoms with Gasteiger partial charge in [-0.3, -0.25) is 14.2 Å². The molecule has 0 fully saturated rings. The van der Waals surface area contributed by atoms with Gasteiger partial charge in [0.1, 0.15) is 0 Å². The van der Waals surface area contributed by atoms with Crippen molar-refractivity contribution in [3.63, 3.8) is 0 Å². The SMILES string of the molecule is C/C=C(\C)C(=O)C(Br)(CC(=O)OC)P(=O)(OCC)OCC. The van der Waals surface area contributed by atoms with E-state index in [-0.39, 0.29) is 13.2 Å². The monoisotopic (exact) mass is 384 g/mol. The molecule has 0 rings (SSSR count). The molecule has 1 atom stereocenters. The molecule has 0 aliphatic rings. The summed E-state index contributed by atoms with van der Waals surface area (Å²) in [4.78, 5) is 24.2. The first kappa shape index (κ1) is 20.5. The number of ether oxygens (including phenoxy) is 1. The molecule has 122 valence electrons.